The van der Waals surface area contributed by atoms with Crippen LogP contribution >= 0.6 is 0 Å². The molecule has 2 aliphatic heterocycles. The molecule has 0 spiro atoms. The molecule has 1 N–H and O–H groups in total. The fourth-order valence-electron chi connectivity index (χ4n) is 2.16. The molecule has 2 nitrogen and oxygen atoms in total. The first-order valence-electron chi connectivity index (χ1n) is 4.24. The van der Waals surface area contributed by atoms with Gasteiger partial charge in [0, 0.05) is 24.9 Å². The lowest BCUT2D eigenvalue weighted by molar-refractivity contribution is 0.0848. The SMILES string of the molecule is CCC1OCC2CNCC21. The van der Waals surface area contributed by atoms with E-state index in [2.05, 4.69) is 12.2 Å². The van der Waals surface area contributed by atoms with E-state index in [1.807, 2.05) is 0 Å². The van der Waals surface area contributed by atoms with Gasteiger partial charge in [0.05, 0.1) is 12.7 Å². The van der Waals surface area contributed by atoms with Crippen LogP contribution in [-0.4, -0.2) is 25.8 Å². The van der Waals surface area contributed by atoms with Gasteiger partial charge in [-0.25, -0.2) is 0 Å². The predicted octanol–water partition coefficient (Wildman–Crippen LogP) is 0.631. The third-order valence-corrected chi connectivity index (χ3v) is 2.80. The van der Waals surface area contributed by atoms with Gasteiger partial charge < -0.3 is 10.1 Å². The molecule has 0 radical (unpaired) electrons. The van der Waals surface area contributed by atoms with Crippen molar-refractivity contribution >= 4 is 0 Å². The van der Waals surface area contributed by atoms with Crippen molar-refractivity contribution < 1.29 is 4.74 Å². The molecule has 2 heteroatoms. The van der Waals surface area contributed by atoms with E-state index in [4.69, 9.17) is 4.74 Å². The Balaban J connectivity index is 2.01. The molecule has 2 saturated heterocycles. The third kappa shape index (κ3) is 0.867. The number of nitrogens with one attached hydrogen (secondary N) is 1. The van der Waals surface area contributed by atoms with E-state index in [1.54, 1.807) is 0 Å². The molecule has 58 valence electrons. The van der Waals surface area contributed by atoms with Crippen molar-refractivity contribution in [3.05, 3.63) is 0 Å². The van der Waals surface area contributed by atoms with Gasteiger partial charge in [-0.1, -0.05) is 6.92 Å². The fraction of sp³-hybridized carbons (Fsp3) is 1.00. The molecule has 0 saturated carbocycles. The summed E-state index contributed by atoms with van der Waals surface area (Å²) in [7, 11) is 0. The molecule has 0 aromatic rings. The summed E-state index contributed by atoms with van der Waals surface area (Å²) in [5, 5.41) is 3.41. The second-order valence-electron chi connectivity index (χ2n) is 3.36. The predicted molar refractivity (Wildman–Crippen MR) is 39.9 cm³/mol. The molecule has 3 atom stereocenters. The van der Waals surface area contributed by atoms with Crippen LogP contribution in [0.2, 0.25) is 0 Å². The average molecular weight is 141 g/mol. The lowest BCUT2D eigenvalue weighted by Crippen LogP contribution is -2.20. The van der Waals surface area contributed by atoms with Crippen molar-refractivity contribution in [2.75, 3.05) is 19.7 Å². The van der Waals surface area contributed by atoms with Gasteiger partial charge >= 0.3 is 0 Å². The van der Waals surface area contributed by atoms with E-state index in [0.29, 0.717) is 6.10 Å². The normalized spacial score (nSPS) is 45.9. The Kier molecular flexibility index (Phi) is 1.66. The first-order chi connectivity index (χ1) is 4.92. The lowest BCUT2D eigenvalue weighted by Gasteiger charge is -2.12. The zero-order valence-electron chi connectivity index (χ0n) is 6.47. The molecule has 0 aromatic carbocycles. The highest BCUT2D eigenvalue weighted by molar-refractivity contribution is 4.90. The smallest absolute Gasteiger partial charge is 0.0616 e. The zero-order valence-corrected chi connectivity index (χ0v) is 6.47. The van der Waals surface area contributed by atoms with Crippen molar-refractivity contribution in [1.82, 2.24) is 5.32 Å². The van der Waals surface area contributed by atoms with E-state index >= 15 is 0 Å². The van der Waals surface area contributed by atoms with Gasteiger partial charge in [0.1, 0.15) is 0 Å². The summed E-state index contributed by atoms with van der Waals surface area (Å²) in [6.45, 7) is 5.58. The topological polar surface area (TPSA) is 21.3 Å². The van der Waals surface area contributed by atoms with Crippen molar-refractivity contribution in [3.63, 3.8) is 0 Å². The van der Waals surface area contributed by atoms with Crippen LogP contribution < -0.4 is 5.32 Å². The number of rotatable bonds is 1. The minimum Gasteiger partial charge on any atom is -0.378 e. The first kappa shape index (κ1) is 6.62. The molecule has 0 bridgehead atoms. The molecule has 0 amide bonds. The summed E-state index contributed by atoms with van der Waals surface area (Å²) >= 11 is 0. The molecule has 0 aliphatic carbocycles. The maximum absolute atomic E-state index is 5.63. The Morgan fingerprint density at radius 2 is 2.40 bits per heavy atom. The van der Waals surface area contributed by atoms with Gasteiger partial charge in [-0.3, -0.25) is 0 Å². The average Bonchev–Trinajstić information content (AvgIpc) is 2.44. The second kappa shape index (κ2) is 2.51. The van der Waals surface area contributed by atoms with Crippen LogP contribution in [-0.2, 0) is 4.74 Å². The van der Waals surface area contributed by atoms with Crippen molar-refractivity contribution in [1.29, 1.82) is 0 Å². The summed E-state index contributed by atoms with van der Waals surface area (Å²) in [6, 6.07) is 0. The quantitative estimate of drug-likeness (QED) is 0.578. The molecule has 0 aromatic heterocycles. The van der Waals surface area contributed by atoms with E-state index in [0.717, 1.165) is 18.4 Å². The molecule has 2 fully saturated rings. The number of ether oxygens (including phenoxy) is 1. The molecular formula is C8H15NO. The molecule has 3 unspecified atom stereocenters. The maximum Gasteiger partial charge on any atom is 0.0616 e. The standard InChI is InChI=1S/C8H15NO/c1-2-8-7-4-9-3-6(7)5-10-8/h6-9H,2-5H2,1H3. The summed E-state index contributed by atoms with van der Waals surface area (Å²) in [4.78, 5) is 0. The van der Waals surface area contributed by atoms with E-state index in [1.165, 1.54) is 19.5 Å². The monoisotopic (exact) mass is 141 g/mol. The van der Waals surface area contributed by atoms with Crippen molar-refractivity contribution in [2.24, 2.45) is 11.8 Å². The Morgan fingerprint density at radius 3 is 3.20 bits per heavy atom. The van der Waals surface area contributed by atoms with Crippen LogP contribution in [0.4, 0.5) is 0 Å². The summed E-state index contributed by atoms with van der Waals surface area (Å²) in [5.74, 6) is 1.65. The zero-order chi connectivity index (χ0) is 6.97. The van der Waals surface area contributed by atoms with E-state index < -0.39 is 0 Å². The molecule has 2 aliphatic rings. The van der Waals surface area contributed by atoms with Crippen LogP contribution in [0.5, 0.6) is 0 Å². The molecule has 2 rings (SSSR count). The highest BCUT2D eigenvalue weighted by Crippen LogP contribution is 2.31. The summed E-state index contributed by atoms with van der Waals surface area (Å²) in [5.41, 5.74) is 0. The highest BCUT2D eigenvalue weighted by atomic mass is 16.5. The molecule has 10 heavy (non-hydrogen) atoms. The number of hydrogen-bond donors (Lipinski definition) is 1. The summed E-state index contributed by atoms with van der Waals surface area (Å²) in [6.07, 6.45) is 1.74. The third-order valence-electron chi connectivity index (χ3n) is 2.80. The van der Waals surface area contributed by atoms with Crippen LogP contribution in [0.25, 0.3) is 0 Å². The lowest BCUT2D eigenvalue weighted by atomic mass is 9.93. The van der Waals surface area contributed by atoms with Crippen LogP contribution in [0, 0.1) is 11.8 Å². The largest absolute Gasteiger partial charge is 0.378 e. The molecule has 2 heterocycles. The number of fused-ring (bicyclic) bond motifs is 1. The van der Waals surface area contributed by atoms with Crippen molar-refractivity contribution in [3.8, 4) is 0 Å². The fourth-order valence-corrected chi connectivity index (χ4v) is 2.16. The Labute approximate surface area is 61.9 Å². The van der Waals surface area contributed by atoms with Gasteiger partial charge in [0.2, 0.25) is 0 Å². The summed E-state index contributed by atoms with van der Waals surface area (Å²) < 4.78 is 5.63. The number of hydrogen-bond acceptors (Lipinski definition) is 2. The Morgan fingerprint density at radius 1 is 1.50 bits per heavy atom. The second-order valence-corrected chi connectivity index (χ2v) is 3.36. The van der Waals surface area contributed by atoms with Crippen LogP contribution in [0.1, 0.15) is 13.3 Å². The van der Waals surface area contributed by atoms with E-state index in [9.17, 15) is 0 Å². The van der Waals surface area contributed by atoms with Gasteiger partial charge in [-0.05, 0) is 6.42 Å². The highest BCUT2D eigenvalue weighted by Gasteiger charge is 2.38. The van der Waals surface area contributed by atoms with Crippen LogP contribution in [0.15, 0.2) is 0 Å². The van der Waals surface area contributed by atoms with Crippen molar-refractivity contribution in [2.45, 2.75) is 19.4 Å². The minimum absolute atomic E-state index is 0.556. The molecular weight excluding hydrogens is 126 g/mol. The van der Waals surface area contributed by atoms with Gasteiger partial charge in [0.25, 0.3) is 0 Å². The van der Waals surface area contributed by atoms with Gasteiger partial charge in [0.15, 0.2) is 0 Å². The van der Waals surface area contributed by atoms with E-state index in [-0.39, 0.29) is 0 Å². The maximum atomic E-state index is 5.63. The van der Waals surface area contributed by atoms with Gasteiger partial charge in [-0.2, -0.15) is 0 Å². The van der Waals surface area contributed by atoms with Gasteiger partial charge in [-0.15, -0.1) is 0 Å². The minimum atomic E-state index is 0.556. The first-order valence-corrected chi connectivity index (χ1v) is 4.24. The van der Waals surface area contributed by atoms with Crippen LogP contribution in [0.3, 0.4) is 0 Å². The Hall–Kier alpha value is -0.0800. The Bertz CT molecular complexity index is 126.